The lowest BCUT2D eigenvalue weighted by Gasteiger charge is -2.17. The molecule has 2 aromatic rings. The molecule has 0 saturated heterocycles. The fourth-order valence-corrected chi connectivity index (χ4v) is 4.51. The van der Waals surface area contributed by atoms with E-state index in [9.17, 15) is 18.8 Å². The first-order valence-corrected chi connectivity index (χ1v) is 12.1. The molecule has 4 heteroatoms. The summed E-state index contributed by atoms with van der Waals surface area (Å²) in [6, 6.07) is 13.0. The molecule has 0 spiro atoms. The molecule has 36 heavy (non-hydrogen) atoms. The average molecular weight is 489 g/mol. The molecule has 0 heterocycles. The number of hydrogen-bond donors (Lipinski definition) is 0. The highest BCUT2D eigenvalue weighted by atomic mass is 19.1. The molecule has 2 aliphatic carbocycles. The zero-order valence-corrected chi connectivity index (χ0v) is 20.1. The Morgan fingerprint density at radius 3 is 2.64 bits per heavy atom. The van der Waals surface area contributed by atoms with Gasteiger partial charge in [-0.15, -0.1) is 0 Å². The Balaban J connectivity index is 0.00000241. The van der Waals surface area contributed by atoms with Gasteiger partial charge in [0.15, 0.2) is 17.3 Å². The monoisotopic (exact) mass is 488 g/mol. The molecule has 1 atom stereocenters. The van der Waals surface area contributed by atoms with E-state index in [1.54, 1.807) is 31.2 Å². The third-order valence-corrected chi connectivity index (χ3v) is 6.65. The molecule has 190 valence electrons. The van der Waals surface area contributed by atoms with E-state index in [0.29, 0.717) is 31.2 Å². The first kappa shape index (κ1) is 26.9. The summed E-state index contributed by atoms with van der Waals surface area (Å²) in [4.78, 5) is 37.9. The molecule has 0 bridgehead atoms. The fourth-order valence-electron chi connectivity index (χ4n) is 4.51. The Bertz CT molecular complexity index is 1320. The summed E-state index contributed by atoms with van der Waals surface area (Å²) < 4.78 is 13.9. The van der Waals surface area contributed by atoms with Crippen molar-refractivity contribution in [1.82, 2.24) is 0 Å². The van der Waals surface area contributed by atoms with Crippen LogP contribution in [0.1, 0.15) is 58.7 Å². The first-order chi connectivity index (χ1) is 16.9. The third kappa shape index (κ3) is 6.12. The van der Waals surface area contributed by atoms with E-state index < -0.39 is 5.92 Å². The van der Waals surface area contributed by atoms with E-state index in [-0.39, 0.29) is 45.4 Å². The van der Waals surface area contributed by atoms with Gasteiger partial charge in [-0.2, -0.15) is 0 Å². The lowest BCUT2D eigenvalue weighted by molar-refractivity contribution is -0.123. The molecule has 1 unspecified atom stereocenters. The third-order valence-electron chi connectivity index (χ3n) is 6.65. The standard InChI is InChI=1S/C31H29FO3.CH4.2H2/c1-3-29(33)25-14-13-24(19-25)23-7-4-6-21(16-23)12-15-30(34)27-9-5-8-26(31(27)35)17-22-11-10-20(2)28(32)18-22;;;/h4-11,13,16,18-19,26H,3,12,14-15,17H2,1-2H3;1H4;2*1H. The van der Waals surface area contributed by atoms with Gasteiger partial charge in [0.2, 0.25) is 0 Å². The zero-order chi connectivity index (χ0) is 24.9. The van der Waals surface area contributed by atoms with Gasteiger partial charge < -0.3 is 0 Å². The van der Waals surface area contributed by atoms with Gasteiger partial charge in [0, 0.05) is 21.6 Å². The number of carbonyl (C=O) groups is 3. The Labute approximate surface area is 216 Å². The Morgan fingerprint density at radius 1 is 1.08 bits per heavy atom. The number of ketones is 3. The number of aryl methyl sites for hydroxylation is 2. The molecule has 0 radical (unpaired) electrons. The van der Waals surface area contributed by atoms with Gasteiger partial charge >= 0.3 is 0 Å². The van der Waals surface area contributed by atoms with Crippen molar-refractivity contribution in [3.63, 3.8) is 0 Å². The summed E-state index contributed by atoms with van der Waals surface area (Å²) in [5.74, 6) is -0.975. The second kappa shape index (κ2) is 11.9. The topological polar surface area (TPSA) is 51.2 Å². The largest absolute Gasteiger partial charge is 0.295 e. The summed E-state index contributed by atoms with van der Waals surface area (Å²) in [5.41, 5.74) is 5.41. The molecule has 0 amide bonds. The number of halogens is 1. The maximum Gasteiger partial charge on any atom is 0.173 e. The lowest BCUT2D eigenvalue weighted by Crippen LogP contribution is -2.24. The van der Waals surface area contributed by atoms with Crippen LogP contribution in [0.3, 0.4) is 0 Å². The van der Waals surface area contributed by atoms with Crippen LogP contribution in [0.2, 0.25) is 0 Å². The van der Waals surface area contributed by atoms with Crippen LogP contribution in [0.25, 0.3) is 5.57 Å². The van der Waals surface area contributed by atoms with Crippen molar-refractivity contribution < 1.29 is 21.6 Å². The highest BCUT2D eigenvalue weighted by Gasteiger charge is 2.27. The highest BCUT2D eigenvalue weighted by molar-refractivity contribution is 6.22. The average Bonchev–Trinajstić information content (AvgIpc) is 3.36. The van der Waals surface area contributed by atoms with Crippen LogP contribution in [-0.2, 0) is 27.2 Å². The first-order valence-electron chi connectivity index (χ1n) is 12.1. The van der Waals surface area contributed by atoms with E-state index in [4.69, 9.17) is 0 Å². The van der Waals surface area contributed by atoms with Crippen molar-refractivity contribution in [3.8, 4) is 0 Å². The lowest BCUT2D eigenvalue weighted by atomic mass is 9.85. The molecule has 0 aliphatic heterocycles. The fraction of sp³-hybridized carbons (Fsp3) is 0.281. The van der Waals surface area contributed by atoms with Crippen molar-refractivity contribution in [3.05, 3.63) is 112 Å². The number of allylic oxidation sites excluding steroid dienone is 8. The van der Waals surface area contributed by atoms with Gasteiger partial charge in [-0.3, -0.25) is 14.4 Å². The van der Waals surface area contributed by atoms with E-state index in [2.05, 4.69) is 6.08 Å². The van der Waals surface area contributed by atoms with Crippen LogP contribution in [-0.4, -0.2) is 17.3 Å². The smallest absolute Gasteiger partial charge is 0.173 e. The van der Waals surface area contributed by atoms with Crippen molar-refractivity contribution >= 4 is 22.9 Å². The number of rotatable bonds is 9. The molecule has 0 aromatic heterocycles. The SMILES string of the molecule is C.CCC(=O)C1=CC(c2cccc(CCC(=O)C3=CC=CC(Cc4ccc(C)c(F)c4)C3=O)c2)=CC1.[HH].[HH]. The van der Waals surface area contributed by atoms with Gasteiger partial charge in [0.1, 0.15) is 5.82 Å². The highest BCUT2D eigenvalue weighted by Crippen LogP contribution is 2.28. The van der Waals surface area contributed by atoms with E-state index in [0.717, 1.165) is 27.8 Å². The Hall–Kier alpha value is -3.66. The van der Waals surface area contributed by atoms with E-state index in [1.165, 1.54) is 6.07 Å². The molecule has 0 N–H and O–H groups in total. The zero-order valence-electron chi connectivity index (χ0n) is 20.1. The van der Waals surface area contributed by atoms with Gasteiger partial charge in [-0.25, -0.2) is 4.39 Å². The molecule has 0 fully saturated rings. The maximum absolute atomic E-state index is 13.9. The van der Waals surface area contributed by atoms with Gasteiger partial charge in [0.25, 0.3) is 0 Å². The van der Waals surface area contributed by atoms with E-state index in [1.807, 2.05) is 43.3 Å². The van der Waals surface area contributed by atoms with Crippen LogP contribution in [0.15, 0.2) is 84.0 Å². The van der Waals surface area contributed by atoms with Crippen molar-refractivity contribution in [2.75, 3.05) is 0 Å². The molecular weight excluding hydrogens is 451 g/mol. The summed E-state index contributed by atoms with van der Waals surface area (Å²) in [5, 5.41) is 0. The van der Waals surface area contributed by atoms with Crippen molar-refractivity contribution in [2.24, 2.45) is 5.92 Å². The van der Waals surface area contributed by atoms with E-state index >= 15 is 0 Å². The van der Waals surface area contributed by atoms with Crippen molar-refractivity contribution in [2.45, 2.75) is 53.4 Å². The van der Waals surface area contributed by atoms with Gasteiger partial charge in [-0.1, -0.05) is 69.0 Å². The number of Topliss-reactive ketones (excluding diaryl/α,β-unsaturated/α-hetero) is 3. The molecule has 2 aromatic carbocycles. The van der Waals surface area contributed by atoms with Crippen LogP contribution in [0.4, 0.5) is 4.39 Å². The number of carbonyl (C=O) groups excluding carboxylic acids is 3. The number of hydrogen-bond acceptors (Lipinski definition) is 3. The van der Waals surface area contributed by atoms with Crippen LogP contribution in [0, 0.1) is 18.7 Å². The summed E-state index contributed by atoms with van der Waals surface area (Å²) in [6.45, 7) is 3.57. The van der Waals surface area contributed by atoms with Gasteiger partial charge in [0.05, 0.1) is 5.57 Å². The second-order valence-electron chi connectivity index (χ2n) is 9.16. The molecule has 4 rings (SSSR count). The Kier molecular flexibility index (Phi) is 8.87. The summed E-state index contributed by atoms with van der Waals surface area (Å²) in [7, 11) is 0. The summed E-state index contributed by atoms with van der Waals surface area (Å²) >= 11 is 0. The normalized spacial score (nSPS) is 16.7. The second-order valence-corrected chi connectivity index (χ2v) is 9.16. The van der Waals surface area contributed by atoms with Crippen LogP contribution >= 0.6 is 0 Å². The molecular formula is C32H37FO3. The predicted molar refractivity (Wildman–Crippen MR) is 147 cm³/mol. The quantitative estimate of drug-likeness (QED) is 0.346. The minimum absolute atomic E-state index is 0. The minimum atomic E-state index is -0.467. The molecule has 0 saturated carbocycles. The molecule has 2 aliphatic rings. The predicted octanol–water partition coefficient (Wildman–Crippen LogP) is 7.38. The van der Waals surface area contributed by atoms with Crippen molar-refractivity contribution in [1.29, 1.82) is 0 Å². The minimum Gasteiger partial charge on any atom is -0.295 e. The Morgan fingerprint density at radius 2 is 1.89 bits per heavy atom. The van der Waals surface area contributed by atoms with Gasteiger partial charge in [-0.05, 0) is 77.8 Å². The van der Waals surface area contributed by atoms with Crippen LogP contribution in [0.5, 0.6) is 0 Å². The molecule has 3 nitrogen and oxygen atoms in total. The van der Waals surface area contributed by atoms with Crippen LogP contribution < -0.4 is 0 Å². The maximum atomic E-state index is 13.9. The summed E-state index contributed by atoms with van der Waals surface area (Å²) in [6.07, 6.45) is 11.4. The number of benzene rings is 2.